The van der Waals surface area contributed by atoms with Crippen molar-refractivity contribution in [3.05, 3.63) is 13.8 Å². The van der Waals surface area contributed by atoms with E-state index in [0.717, 1.165) is 0 Å². The Bertz CT molecular complexity index is 4.35. The van der Waals surface area contributed by atoms with E-state index in [9.17, 15) is 0 Å². The van der Waals surface area contributed by atoms with Crippen LogP contribution < -0.4 is 0 Å². The minimum absolute atomic E-state index is 0. The van der Waals surface area contributed by atoms with Crippen LogP contribution in [0.2, 0.25) is 0 Å². The zero-order valence-corrected chi connectivity index (χ0v) is 6.83. The van der Waals surface area contributed by atoms with E-state index < -0.39 is 0 Å². The van der Waals surface area contributed by atoms with Crippen LogP contribution in [0, 0.1) is 13.8 Å². The fourth-order valence-electron chi connectivity index (χ4n) is 0. The normalized spacial score (nSPS) is 1.50. The topological polar surface area (TPSA) is 0 Å². The zero-order chi connectivity index (χ0) is 4.00. The summed E-state index contributed by atoms with van der Waals surface area (Å²) in [5, 5.41) is 0. The molecule has 0 heterocycles. The van der Waals surface area contributed by atoms with Gasteiger partial charge >= 0.3 is 0 Å². The summed E-state index contributed by atoms with van der Waals surface area (Å²) in [5.74, 6) is 0. The molecular weight excluding hydrogens is 173 g/mol. The van der Waals surface area contributed by atoms with E-state index in [2.05, 4.69) is 13.8 Å². The first-order chi connectivity index (χ1) is 2.00. The molecule has 0 aromatic carbocycles. The van der Waals surface area contributed by atoms with Crippen molar-refractivity contribution in [1.82, 2.24) is 0 Å². The van der Waals surface area contributed by atoms with Crippen molar-refractivity contribution >= 4 is 0 Å². The number of rotatable bonds is 0. The average Bonchev–Trinajstić information content (AvgIpc) is 1.50. The molecule has 0 atom stereocenters. The first-order valence-corrected chi connectivity index (χ1v) is 1.41. The van der Waals surface area contributed by atoms with Gasteiger partial charge in [0.2, 0.25) is 0 Å². The van der Waals surface area contributed by atoms with Gasteiger partial charge in [-0.05, 0) is 0 Å². The maximum absolute atomic E-state index is 3.25. The molecule has 1 heteroatoms. The Morgan fingerprint density at radius 3 is 0.625 bits per heavy atom. The van der Waals surface area contributed by atoms with Gasteiger partial charge in [0.1, 0.15) is 0 Å². The third-order valence-electron chi connectivity index (χ3n) is 0. The molecule has 0 N–H and O–H groups in total. The molecular formula is C7H22Y-2. The van der Waals surface area contributed by atoms with Gasteiger partial charge < -0.3 is 13.8 Å². The first-order valence-electron chi connectivity index (χ1n) is 1.41. The monoisotopic (exact) mass is 195 g/mol. The molecule has 55 valence electrons. The summed E-state index contributed by atoms with van der Waals surface area (Å²) in [7, 11) is 0. The smallest absolute Gasteiger partial charge is 0 e. The minimum Gasteiger partial charge on any atom is -0.346 e. The predicted octanol–water partition coefficient (Wildman–Crippen LogP) is 3.59. The van der Waals surface area contributed by atoms with Gasteiger partial charge in [0.25, 0.3) is 0 Å². The minimum atomic E-state index is 0. The average molecular weight is 195 g/mol. The Morgan fingerprint density at radius 2 is 0.625 bits per heavy atom. The summed E-state index contributed by atoms with van der Waals surface area (Å²) in [5.41, 5.74) is 0. The molecule has 0 nitrogen and oxygen atoms in total. The Balaban J connectivity index is -0.00000000167. The van der Waals surface area contributed by atoms with Crippen LogP contribution in [0.5, 0.6) is 0 Å². The van der Waals surface area contributed by atoms with Crippen LogP contribution in [0.3, 0.4) is 0 Å². The summed E-state index contributed by atoms with van der Waals surface area (Å²) < 4.78 is 0. The molecule has 8 heavy (non-hydrogen) atoms. The van der Waals surface area contributed by atoms with Crippen molar-refractivity contribution < 1.29 is 32.7 Å². The van der Waals surface area contributed by atoms with Crippen LogP contribution >= 0.6 is 0 Å². The van der Waals surface area contributed by atoms with Crippen molar-refractivity contribution in [2.24, 2.45) is 0 Å². The molecule has 0 aliphatic rings. The Hall–Kier alpha value is 1.10. The second kappa shape index (κ2) is 336. The van der Waals surface area contributed by atoms with E-state index >= 15 is 0 Å². The van der Waals surface area contributed by atoms with Gasteiger partial charge in [-0.1, -0.05) is 22.3 Å². The molecule has 0 bridgehead atoms. The first kappa shape index (κ1) is 62.1. The van der Waals surface area contributed by atoms with Crippen LogP contribution in [0.25, 0.3) is 0 Å². The molecule has 0 aliphatic heterocycles. The van der Waals surface area contributed by atoms with Gasteiger partial charge in [-0.25, -0.2) is 0 Å². The molecule has 0 aromatic heterocycles. The van der Waals surface area contributed by atoms with E-state index in [0.29, 0.717) is 0 Å². The molecule has 0 fully saturated rings. The maximum Gasteiger partial charge on any atom is 0 e. The molecule has 0 saturated carbocycles. The molecule has 1 radical (unpaired) electrons. The van der Waals surface area contributed by atoms with Gasteiger partial charge in [0.15, 0.2) is 0 Å². The van der Waals surface area contributed by atoms with Crippen LogP contribution in [0.15, 0.2) is 0 Å². The van der Waals surface area contributed by atoms with Gasteiger partial charge in [-0.15, -0.1) is 0 Å². The van der Waals surface area contributed by atoms with E-state index in [1.54, 1.807) is 13.8 Å². The van der Waals surface area contributed by atoms with Crippen molar-refractivity contribution in [1.29, 1.82) is 0 Å². The molecule has 0 saturated heterocycles. The van der Waals surface area contributed by atoms with Gasteiger partial charge in [0.05, 0.1) is 0 Å². The molecule has 0 rings (SSSR count). The van der Waals surface area contributed by atoms with Gasteiger partial charge in [-0.2, -0.15) is 13.8 Å². The molecule has 0 spiro atoms. The van der Waals surface area contributed by atoms with Gasteiger partial charge in [-0.3, -0.25) is 0 Å². The second-order valence-corrected chi connectivity index (χ2v) is 0. The summed E-state index contributed by atoms with van der Waals surface area (Å²) in [6, 6.07) is 0. The maximum atomic E-state index is 3.25. The van der Waals surface area contributed by atoms with E-state index in [1.165, 1.54) is 0 Å². The number of hydrogen-bond donors (Lipinski definition) is 0. The van der Waals surface area contributed by atoms with E-state index in [4.69, 9.17) is 0 Å². The molecule has 0 unspecified atom stereocenters. The van der Waals surface area contributed by atoms with E-state index in [-0.39, 0.29) is 55.0 Å². The van der Waals surface area contributed by atoms with Gasteiger partial charge in [0, 0.05) is 32.7 Å². The molecule has 0 amide bonds. The quantitative estimate of drug-likeness (QED) is 0.518. The molecule has 0 aromatic rings. The summed E-state index contributed by atoms with van der Waals surface area (Å²) >= 11 is 0. The molecule has 0 aliphatic carbocycles. The second-order valence-electron chi connectivity index (χ2n) is 0. The Labute approximate surface area is 82.3 Å². The fourth-order valence-corrected chi connectivity index (χ4v) is 0. The summed E-state index contributed by atoms with van der Waals surface area (Å²) in [6.45, 7) is 10.0. The summed E-state index contributed by atoms with van der Waals surface area (Å²) in [4.78, 5) is 0. The Morgan fingerprint density at radius 1 is 0.625 bits per heavy atom. The van der Waals surface area contributed by atoms with E-state index in [1.807, 2.05) is 0 Å². The summed E-state index contributed by atoms with van der Waals surface area (Å²) in [6.07, 6.45) is 0. The van der Waals surface area contributed by atoms with Crippen LogP contribution in [0.4, 0.5) is 0 Å². The van der Waals surface area contributed by atoms with Crippen molar-refractivity contribution in [2.45, 2.75) is 36.1 Å². The van der Waals surface area contributed by atoms with Crippen LogP contribution in [0.1, 0.15) is 36.1 Å². The predicted molar refractivity (Wildman–Crippen MR) is 42.3 cm³/mol. The van der Waals surface area contributed by atoms with Crippen molar-refractivity contribution in [3.8, 4) is 0 Å². The van der Waals surface area contributed by atoms with Crippen LogP contribution in [-0.2, 0) is 32.7 Å². The zero-order valence-electron chi connectivity index (χ0n) is 3.99. The standard InChI is InChI=1S/2C2H5.3CH4.Y/c2*1-2;;;;/h2*1H2,2H3;3*1H4;/q2*-1;;;;. The largest absolute Gasteiger partial charge is 0.346 e. The SMILES string of the molecule is C.C.C.[CH2-]C.[CH2-]C.[Y]. The Kier molecular flexibility index (Phi) is 2600. The van der Waals surface area contributed by atoms with Crippen LogP contribution in [-0.4, -0.2) is 0 Å². The fraction of sp³-hybridized carbons (Fsp3) is 0.714. The van der Waals surface area contributed by atoms with Crippen molar-refractivity contribution in [3.63, 3.8) is 0 Å². The third-order valence-corrected chi connectivity index (χ3v) is 0. The number of hydrogen-bond acceptors (Lipinski definition) is 0. The van der Waals surface area contributed by atoms with Crippen molar-refractivity contribution in [2.75, 3.05) is 0 Å². The third kappa shape index (κ3) is 217.